The van der Waals surface area contributed by atoms with Crippen molar-refractivity contribution in [2.24, 2.45) is 0 Å². The first-order chi connectivity index (χ1) is 10.5. The van der Waals surface area contributed by atoms with E-state index in [0.29, 0.717) is 12.5 Å². The minimum Gasteiger partial charge on any atom is -0.360 e. The summed E-state index contributed by atoms with van der Waals surface area (Å²) in [6.45, 7) is 0.460. The third-order valence-electron chi connectivity index (χ3n) is 3.18. The van der Waals surface area contributed by atoms with E-state index < -0.39 is 5.82 Å². The fourth-order valence-electron chi connectivity index (χ4n) is 2.13. The summed E-state index contributed by atoms with van der Waals surface area (Å²) in [5.74, 6) is 0.0949. The summed E-state index contributed by atoms with van der Waals surface area (Å²) in [4.78, 5) is 26.2. The predicted molar refractivity (Wildman–Crippen MR) is 82.6 cm³/mol. The summed E-state index contributed by atoms with van der Waals surface area (Å²) in [6, 6.07) is 5.56. The van der Waals surface area contributed by atoms with E-state index in [1.165, 1.54) is 0 Å². The zero-order valence-electron chi connectivity index (χ0n) is 12.1. The molecule has 2 aromatic heterocycles. The van der Waals surface area contributed by atoms with E-state index >= 15 is 0 Å². The molecule has 0 radical (unpaired) electrons. The van der Waals surface area contributed by atoms with Gasteiger partial charge in [0.2, 0.25) is 5.95 Å². The van der Waals surface area contributed by atoms with Crippen molar-refractivity contribution in [1.29, 1.82) is 0 Å². The van der Waals surface area contributed by atoms with E-state index in [9.17, 15) is 9.18 Å². The molecular formula is C14H15FN6O. The van der Waals surface area contributed by atoms with Crippen LogP contribution < -0.4 is 15.9 Å². The lowest BCUT2D eigenvalue weighted by atomic mass is 10.2. The molecule has 1 aromatic carbocycles. The second-order valence-electron chi connectivity index (χ2n) is 5.07. The molecule has 0 unspecified atom stereocenters. The van der Waals surface area contributed by atoms with Crippen LogP contribution in [-0.4, -0.2) is 34.0 Å². The maximum absolute atomic E-state index is 13.5. The molecule has 0 bridgehead atoms. The van der Waals surface area contributed by atoms with Crippen molar-refractivity contribution >= 4 is 22.8 Å². The highest BCUT2D eigenvalue weighted by atomic mass is 19.1. The van der Waals surface area contributed by atoms with Gasteiger partial charge in [-0.15, -0.1) is 0 Å². The number of aromatic amines is 2. The Morgan fingerprint density at radius 1 is 1.27 bits per heavy atom. The molecule has 0 aliphatic carbocycles. The molecule has 3 N–H and O–H groups in total. The topological polar surface area (TPSA) is 89.7 Å². The van der Waals surface area contributed by atoms with E-state index in [4.69, 9.17) is 0 Å². The molecule has 22 heavy (non-hydrogen) atoms. The quantitative estimate of drug-likeness (QED) is 0.679. The maximum atomic E-state index is 13.5. The summed E-state index contributed by atoms with van der Waals surface area (Å²) in [5.41, 5.74) is 2.19. The van der Waals surface area contributed by atoms with Crippen LogP contribution in [0.1, 0.15) is 5.56 Å². The van der Waals surface area contributed by atoms with Crippen LogP contribution in [0.15, 0.2) is 29.2 Å². The third kappa shape index (κ3) is 2.76. The number of anilines is 2. The number of hydrogen-bond acceptors (Lipinski definition) is 5. The first-order valence-electron chi connectivity index (χ1n) is 6.67. The highest BCUT2D eigenvalue weighted by Gasteiger charge is 2.08. The molecular weight excluding hydrogens is 287 g/mol. The van der Waals surface area contributed by atoms with Gasteiger partial charge in [-0.2, -0.15) is 4.98 Å². The van der Waals surface area contributed by atoms with Crippen molar-refractivity contribution in [1.82, 2.24) is 19.9 Å². The summed E-state index contributed by atoms with van der Waals surface area (Å²) >= 11 is 0. The summed E-state index contributed by atoms with van der Waals surface area (Å²) in [6.07, 6.45) is 1.14. The summed E-state index contributed by atoms with van der Waals surface area (Å²) < 4.78 is 13.5. The predicted octanol–water partition coefficient (Wildman–Crippen LogP) is 1.46. The molecule has 3 aromatic rings. The number of fused-ring (bicyclic) bond motifs is 1. The van der Waals surface area contributed by atoms with E-state index in [-0.39, 0.29) is 11.5 Å². The molecule has 3 rings (SSSR count). The van der Waals surface area contributed by atoms with E-state index in [1.54, 1.807) is 19.0 Å². The number of H-pyrrole nitrogens is 2. The van der Waals surface area contributed by atoms with Crippen molar-refractivity contribution in [2.45, 2.75) is 6.54 Å². The van der Waals surface area contributed by atoms with Crippen molar-refractivity contribution in [3.05, 3.63) is 46.3 Å². The van der Waals surface area contributed by atoms with Gasteiger partial charge in [0.15, 0.2) is 11.6 Å². The van der Waals surface area contributed by atoms with Crippen LogP contribution in [0.2, 0.25) is 0 Å². The zero-order chi connectivity index (χ0) is 15.7. The number of rotatable bonds is 4. The number of benzene rings is 1. The minimum absolute atomic E-state index is 0.225. The number of hydrogen-bond donors (Lipinski definition) is 3. The van der Waals surface area contributed by atoms with Crippen molar-refractivity contribution in [2.75, 3.05) is 24.3 Å². The molecule has 0 aliphatic rings. The van der Waals surface area contributed by atoms with Crippen molar-refractivity contribution < 1.29 is 4.39 Å². The second kappa shape index (κ2) is 5.47. The van der Waals surface area contributed by atoms with Gasteiger partial charge < -0.3 is 20.2 Å². The molecule has 0 amide bonds. The first kappa shape index (κ1) is 14.1. The Hall–Kier alpha value is -2.90. The zero-order valence-corrected chi connectivity index (χ0v) is 12.1. The number of nitrogens with one attached hydrogen (secondary N) is 3. The Morgan fingerprint density at radius 3 is 2.82 bits per heavy atom. The largest absolute Gasteiger partial charge is 0.360 e. The van der Waals surface area contributed by atoms with Gasteiger partial charge in [-0.1, -0.05) is 6.07 Å². The monoisotopic (exact) mass is 302 g/mol. The molecule has 0 saturated heterocycles. The molecule has 8 heteroatoms. The number of halogens is 1. The van der Waals surface area contributed by atoms with Gasteiger partial charge >= 0.3 is 5.69 Å². The Bertz CT molecular complexity index is 869. The third-order valence-corrected chi connectivity index (χ3v) is 3.18. The fraction of sp³-hybridized carbons (Fsp3) is 0.214. The Morgan fingerprint density at radius 2 is 2.05 bits per heavy atom. The lowest BCUT2D eigenvalue weighted by Crippen LogP contribution is -2.15. The van der Waals surface area contributed by atoms with Crippen LogP contribution in [0, 0.1) is 5.82 Å². The maximum Gasteiger partial charge on any atom is 0.323 e. The molecule has 0 atom stereocenters. The molecule has 0 saturated carbocycles. The first-order valence-corrected chi connectivity index (χ1v) is 6.67. The van der Waals surface area contributed by atoms with Gasteiger partial charge in [0.1, 0.15) is 0 Å². The smallest absolute Gasteiger partial charge is 0.323 e. The van der Waals surface area contributed by atoms with Gasteiger partial charge in [0.05, 0.1) is 17.2 Å². The standard InChI is InChI=1S/C14H15FN6O/c1-21(2)12-9(15)7-17-13(20-12)16-6-8-3-4-10-11(5-8)19-14(22)18-10/h3-5,7H,6H2,1-2H3,(H,16,17,20)(H2,18,19,22). The molecule has 0 spiro atoms. The number of nitrogens with zero attached hydrogens (tertiary/aromatic N) is 3. The fourth-order valence-corrected chi connectivity index (χ4v) is 2.13. The van der Waals surface area contributed by atoms with Crippen LogP contribution in [0.4, 0.5) is 16.2 Å². The van der Waals surface area contributed by atoms with Gasteiger partial charge in [0.25, 0.3) is 0 Å². The second-order valence-corrected chi connectivity index (χ2v) is 5.07. The Balaban J connectivity index is 1.78. The van der Waals surface area contributed by atoms with Crippen molar-refractivity contribution in [3.63, 3.8) is 0 Å². The normalized spacial score (nSPS) is 10.9. The van der Waals surface area contributed by atoms with E-state index in [0.717, 1.165) is 22.8 Å². The van der Waals surface area contributed by atoms with Crippen LogP contribution in [0.5, 0.6) is 0 Å². The average molecular weight is 302 g/mol. The minimum atomic E-state index is -0.470. The van der Waals surface area contributed by atoms with Gasteiger partial charge in [-0.25, -0.2) is 14.2 Å². The van der Waals surface area contributed by atoms with Gasteiger partial charge in [-0.05, 0) is 17.7 Å². The number of imidazole rings is 1. The van der Waals surface area contributed by atoms with Crippen LogP contribution in [0.3, 0.4) is 0 Å². The van der Waals surface area contributed by atoms with Crippen LogP contribution in [0.25, 0.3) is 11.0 Å². The summed E-state index contributed by atoms with van der Waals surface area (Å²) in [7, 11) is 3.43. The van der Waals surface area contributed by atoms with Gasteiger partial charge in [0, 0.05) is 20.6 Å². The Labute approximate surface area is 125 Å². The number of aromatic nitrogens is 4. The average Bonchev–Trinajstić information content (AvgIpc) is 2.85. The molecule has 0 aliphatic heterocycles. The molecule has 2 heterocycles. The summed E-state index contributed by atoms with van der Waals surface area (Å²) in [5, 5.41) is 3.04. The van der Waals surface area contributed by atoms with E-state index in [2.05, 4.69) is 25.3 Å². The SMILES string of the molecule is CN(C)c1nc(NCc2ccc3[nH]c(=O)[nH]c3c2)ncc1F. The van der Waals surface area contributed by atoms with Crippen LogP contribution >= 0.6 is 0 Å². The molecule has 0 fully saturated rings. The van der Waals surface area contributed by atoms with Crippen LogP contribution in [-0.2, 0) is 6.54 Å². The highest BCUT2D eigenvalue weighted by Crippen LogP contribution is 2.16. The molecule has 114 valence electrons. The van der Waals surface area contributed by atoms with Gasteiger partial charge in [-0.3, -0.25) is 0 Å². The van der Waals surface area contributed by atoms with E-state index in [1.807, 2.05) is 18.2 Å². The lowest BCUT2D eigenvalue weighted by Gasteiger charge is -2.13. The molecule has 7 nitrogen and oxygen atoms in total. The Kier molecular flexibility index (Phi) is 3.50. The highest BCUT2D eigenvalue weighted by molar-refractivity contribution is 5.75. The van der Waals surface area contributed by atoms with Crippen molar-refractivity contribution in [3.8, 4) is 0 Å². The lowest BCUT2D eigenvalue weighted by molar-refractivity contribution is 0.612.